The van der Waals surface area contributed by atoms with E-state index in [1.165, 1.54) is 73.9 Å². The SMILES string of the molecule is CC(C)(CN1CCC(=C2c3ccc(F)cc3COc3ccccc32)CC1)C(=O)NS(C)(=O)=O.COc1ccc2c(c1)COc1ccccc1C2=C1CCN(CC(C)(C)C(=O)NS(C)(=O)=O)CC1.COc1ccc2c(c1)COc1ccccc1C2=C1CCN(CC(C)(C)c2nn[nH]n2)CC1.Cc1ccc2c(c1)COc1cc(F)ccc1C2=C1CCN(CC2(C(=O)NS(C)(=O)=O)CC2)CC1. The number of nitrogens with zero attached hydrogens (tertiary/aromatic N) is 7. The quantitative estimate of drug-likeness (QED) is 0.0658. The van der Waals surface area contributed by atoms with Gasteiger partial charge in [0.25, 0.3) is 0 Å². The number of H-pyrrole nitrogens is 1. The Labute approximate surface area is 779 Å². The predicted octanol–water partition coefficient (Wildman–Crippen LogP) is 15.1. The smallest absolute Gasteiger partial charge is 0.240 e. The minimum Gasteiger partial charge on any atom is -0.497 e. The summed E-state index contributed by atoms with van der Waals surface area (Å²) in [4.78, 5) is 46.6. The molecule has 1 aliphatic carbocycles. The molecule has 4 N–H and O–H groups in total. The highest BCUT2D eigenvalue weighted by Gasteiger charge is 2.52. The molecule has 9 heterocycles. The van der Waals surface area contributed by atoms with Crippen molar-refractivity contribution in [2.75, 3.05) is 112 Å². The van der Waals surface area contributed by atoms with Gasteiger partial charge in [0.15, 0.2) is 5.82 Å². The Balaban J connectivity index is 0.000000135. The van der Waals surface area contributed by atoms with Crippen LogP contribution in [0.2, 0.25) is 0 Å². The Bertz CT molecular complexity index is 6330. The number of carbonyl (C=O) groups excluding carboxylic acids is 3. The van der Waals surface area contributed by atoms with Crippen LogP contribution in [-0.2, 0) is 76.3 Å². The molecule has 31 heteroatoms. The first-order chi connectivity index (χ1) is 63.3. The van der Waals surface area contributed by atoms with E-state index in [9.17, 15) is 48.4 Å². The van der Waals surface area contributed by atoms with Crippen molar-refractivity contribution in [3.05, 3.63) is 276 Å². The molecule has 3 amide bonds. The molecule has 1 saturated carbocycles. The Morgan fingerprint density at radius 1 is 0.421 bits per heavy atom. The molecule has 4 saturated heterocycles. The van der Waals surface area contributed by atoms with Crippen LogP contribution < -0.4 is 42.6 Å². The van der Waals surface area contributed by atoms with E-state index < -0.39 is 58.1 Å². The molecule has 133 heavy (non-hydrogen) atoms. The molecular formula is C102H119F2N11O15S3. The highest BCUT2D eigenvalue weighted by atomic mass is 32.2. The van der Waals surface area contributed by atoms with E-state index in [-0.39, 0.29) is 23.0 Å². The van der Waals surface area contributed by atoms with Crippen molar-refractivity contribution >= 4 is 70.1 Å². The summed E-state index contributed by atoms with van der Waals surface area (Å²) in [6.07, 6.45) is 11.4. The lowest BCUT2D eigenvalue weighted by Crippen LogP contribution is -2.47. The average molecular weight is 1870 g/mol. The second-order valence-corrected chi connectivity index (χ2v) is 43.3. The molecule has 0 unspecified atom stereocenters. The minimum atomic E-state index is -3.60. The topological polar surface area (TPSA) is 313 Å². The summed E-state index contributed by atoms with van der Waals surface area (Å²) < 4.78 is 139. The third kappa shape index (κ3) is 23.3. The number of benzene rings is 8. The van der Waals surface area contributed by atoms with E-state index in [0.29, 0.717) is 64.7 Å². The molecule has 8 aromatic carbocycles. The molecule has 8 aliphatic heterocycles. The van der Waals surface area contributed by atoms with E-state index in [0.717, 1.165) is 225 Å². The van der Waals surface area contributed by atoms with Crippen molar-refractivity contribution in [2.45, 2.75) is 145 Å². The monoisotopic (exact) mass is 1870 g/mol. The lowest BCUT2D eigenvalue weighted by atomic mass is 9.85. The summed E-state index contributed by atoms with van der Waals surface area (Å²) >= 11 is 0. The Hall–Kier alpha value is -11.5. The number of amides is 3. The molecule has 5 fully saturated rings. The van der Waals surface area contributed by atoms with Crippen molar-refractivity contribution in [3.8, 4) is 34.5 Å². The molecule has 1 aromatic heterocycles. The van der Waals surface area contributed by atoms with Crippen LogP contribution >= 0.6 is 0 Å². The number of methoxy groups -OCH3 is 2. The van der Waals surface area contributed by atoms with Gasteiger partial charge in [0.1, 0.15) is 72.6 Å². The van der Waals surface area contributed by atoms with Gasteiger partial charge in [0, 0.05) is 129 Å². The molecule has 0 atom stereocenters. The van der Waals surface area contributed by atoms with Crippen LogP contribution in [0.5, 0.6) is 34.5 Å². The normalized spacial score (nSPS) is 17.5. The fourth-order valence-electron chi connectivity index (χ4n) is 19.3. The number of hydrogen-bond acceptors (Lipinski definition) is 22. The van der Waals surface area contributed by atoms with E-state index in [4.69, 9.17) is 28.4 Å². The number of para-hydroxylation sites is 3. The predicted molar refractivity (Wildman–Crippen MR) is 509 cm³/mol. The van der Waals surface area contributed by atoms with Crippen LogP contribution in [-0.4, -0.2) is 195 Å². The third-order valence-corrected chi connectivity index (χ3v) is 27.9. The van der Waals surface area contributed by atoms with Crippen LogP contribution in [0.4, 0.5) is 8.78 Å². The first kappa shape index (κ1) is 96.1. The van der Waals surface area contributed by atoms with Crippen molar-refractivity contribution in [1.29, 1.82) is 0 Å². The molecule has 9 aromatic rings. The van der Waals surface area contributed by atoms with Crippen molar-refractivity contribution < 1.29 is 76.8 Å². The third-order valence-electron chi connectivity index (χ3n) is 26.2. The fraction of sp³-hybridized carbons (Fsp3) is 0.412. The van der Waals surface area contributed by atoms with Gasteiger partial charge in [0.2, 0.25) is 47.8 Å². The van der Waals surface area contributed by atoms with E-state index in [1.807, 2.05) is 72.8 Å². The number of nitrogens with one attached hydrogen (secondary N) is 4. The van der Waals surface area contributed by atoms with E-state index in [1.54, 1.807) is 48.0 Å². The largest absolute Gasteiger partial charge is 0.497 e. The number of carbonyl (C=O) groups is 3. The van der Waals surface area contributed by atoms with Crippen LogP contribution in [0.3, 0.4) is 0 Å². The van der Waals surface area contributed by atoms with Crippen LogP contribution in [0, 0.1) is 34.8 Å². The number of hydrogen-bond donors (Lipinski definition) is 4. The number of piperidine rings is 4. The maximum absolute atomic E-state index is 14.0. The molecule has 9 aliphatic rings. The number of likely N-dealkylation sites (tertiary alicyclic amines) is 4. The number of aromatic nitrogens is 4. The standard InChI is InChI=1S/C26H29FN2O4S.C26H32N2O5S.C25H29FN2O4S.C25H29N5O2/c1-17-3-5-21-19(13-17)15-33-23-14-20(27)4-6-22(23)24(21)18-7-11-29(12-8-18)16-26(9-10-26)25(30)28-34(2,31)32;1-26(2,25(29)27-34(4,30)31)17-28-13-11-18(12-14-28)24-21-10-9-20(32-3)15-19(21)16-33-23-8-6-5-7-22(23)24;1-25(2,24(29)27-33(3,30)31)16-28-12-10-17(11-13-28)23-20-9-8-19(26)14-18(20)15-32-22-7-5-4-6-21(22)23;1-25(2,24-26-28-29-27-24)16-30-12-10-17(11-13-30)23-20-9-8-19(31-3)14-18(20)15-32-22-7-5-4-6-21(22)23/h3-6,13-14H,7-12,15-16H2,1-2H3,(H,28,30);5-10,15H,11-14,16-17H2,1-4H3,(H,27,29);4-9,14H,10-13,15-16H2,1-3H3,(H,27,29);4-9,14H,10-13,15-16H2,1-3H3,(H,26,27,28,29). The van der Waals surface area contributed by atoms with Crippen molar-refractivity contribution in [2.24, 2.45) is 16.2 Å². The van der Waals surface area contributed by atoms with Gasteiger partial charge in [-0.3, -0.25) is 28.5 Å². The zero-order chi connectivity index (χ0) is 94.5. The maximum atomic E-state index is 14.0. The van der Waals surface area contributed by atoms with Gasteiger partial charge in [-0.1, -0.05) is 138 Å². The van der Waals surface area contributed by atoms with Crippen molar-refractivity contribution in [3.63, 3.8) is 0 Å². The molecule has 0 spiro atoms. The van der Waals surface area contributed by atoms with Crippen molar-refractivity contribution in [1.82, 2.24) is 54.4 Å². The number of tetrazole rings is 1. The number of aryl methyl sites for hydroxylation is 1. The lowest BCUT2D eigenvalue weighted by molar-refractivity contribution is -0.129. The number of fused-ring (bicyclic) bond motifs is 8. The molecule has 0 radical (unpaired) electrons. The number of aromatic amines is 1. The summed E-state index contributed by atoms with van der Waals surface area (Å²) in [5, 5.41) is 14.7. The zero-order valence-corrected chi connectivity index (χ0v) is 80.2. The first-order valence-corrected chi connectivity index (χ1v) is 50.9. The van der Waals surface area contributed by atoms with Gasteiger partial charge in [-0.05, 0) is 216 Å². The molecule has 26 nitrogen and oxygen atoms in total. The van der Waals surface area contributed by atoms with E-state index >= 15 is 0 Å². The Kier molecular flexibility index (Phi) is 28.9. The van der Waals surface area contributed by atoms with Gasteiger partial charge in [0.05, 0.1) is 49.2 Å². The zero-order valence-electron chi connectivity index (χ0n) is 77.7. The number of ether oxygens (including phenoxy) is 6. The number of rotatable bonds is 17. The average Bonchev–Trinajstić information content (AvgIpc) is 1.64. The highest BCUT2D eigenvalue weighted by Crippen LogP contribution is 2.50. The van der Waals surface area contributed by atoms with E-state index in [2.05, 4.69) is 142 Å². The van der Waals surface area contributed by atoms with Gasteiger partial charge in [-0.2, -0.15) is 5.21 Å². The molecule has 704 valence electrons. The van der Waals surface area contributed by atoms with Crippen LogP contribution in [0.25, 0.3) is 22.3 Å². The summed E-state index contributed by atoms with van der Waals surface area (Å²) in [5.74, 6) is 3.65. The van der Waals surface area contributed by atoms with Crippen LogP contribution in [0.1, 0.15) is 184 Å². The molecule has 0 bridgehead atoms. The first-order valence-electron chi connectivity index (χ1n) is 45.2. The molecule has 18 rings (SSSR count). The minimum absolute atomic E-state index is 0.149. The second kappa shape index (κ2) is 40.0. The lowest BCUT2D eigenvalue weighted by Gasteiger charge is -2.35. The maximum Gasteiger partial charge on any atom is 0.240 e. The number of sulfonamides is 3. The summed E-state index contributed by atoms with van der Waals surface area (Å²) in [6.45, 7) is 24.3. The van der Waals surface area contributed by atoms with Crippen LogP contribution in [0.15, 0.2) is 186 Å². The van der Waals surface area contributed by atoms with Gasteiger partial charge < -0.3 is 48.0 Å². The van der Waals surface area contributed by atoms with Gasteiger partial charge in [-0.15, -0.1) is 10.2 Å². The second-order valence-electron chi connectivity index (χ2n) is 38.1. The number of halogens is 2. The van der Waals surface area contributed by atoms with Gasteiger partial charge in [-0.25, -0.2) is 34.0 Å². The molecular weight excluding hydrogens is 1750 g/mol. The Morgan fingerprint density at radius 3 is 1.14 bits per heavy atom. The summed E-state index contributed by atoms with van der Waals surface area (Å²) in [6, 6.07) is 52.9. The highest BCUT2D eigenvalue weighted by molar-refractivity contribution is 7.89. The summed E-state index contributed by atoms with van der Waals surface area (Å²) in [7, 11) is -7.37. The summed E-state index contributed by atoms with van der Waals surface area (Å²) in [5.41, 5.74) is 21.9. The van der Waals surface area contributed by atoms with Gasteiger partial charge >= 0.3 is 0 Å². The Morgan fingerprint density at radius 2 is 0.759 bits per heavy atom. The fourth-order valence-corrected chi connectivity index (χ4v) is 21.0.